The van der Waals surface area contributed by atoms with E-state index in [-0.39, 0.29) is 16.6 Å². The number of carbonyl (C=O) groups is 1. The summed E-state index contributed by atoms with van der Waals surface area (Å²) in [4.78, 5) is 17.1. The highest BCUT2D eigenvalue weighted by Gasteiger charge is 2.25. The van der Waals surface area contributed by atoms with E-state index in [9.17, 15) is 9.18 Å². The fourth-order valence-corrected chi connectivity index (χ4v) is 3.51. The molecule has 0 aromatic heterocycles. The van der Waals surface area contributed by atoms with Gasteiger partial charge in [0.05, 0.1) is 16.6 Å². The lowest BCUT2D eigenvalue weighted by atomic mass is 10.0. The van der Waals surface area contributed by atoms with Gasteiger partial charge in [0.2, 0.25) is 0 Å². The number of halogens is 2. The predicted octanol–water partition coefficient (Wildman–Crippen LogP) is 3.20. The van der Waals surface area contributed by atoms with Crippen LogP contribution in [0.1, 0.15) is 22.0 Å². The van der Waals surface area contributed by atoms with Crippen molar-refractivity contribution < 1.29 is 9.18 Å². The van der Waals surface area contributed by atoms with Crippen LogP contribution in [0.3, 0.4) is 0 Å². The van der Waals surface area contributed by atoms with Crippen LogP contribution in [0.5, 0.6) is 0 Å². The second-order valence-electron chi connectivity index (χ2n) is 6.57. The summed E-state index contributed by atoms with van der Waals surface area (Å²) >= 11 is 6.00. The Morgan fingerprint density at radius 2 is 1.81 bits per heavy atom. The SMILES string of the molecule is CN1CCN(C(CNC(=O)c2c(F)cccc2Cl)c2ccccc2)CC1. The molecule has 1 unspecified atom stereocenters. The van der Waals surface area contributed by atoms with Crippen molar-refractivity contribution in [2.45, 2.75) is 6.04 Å². The lowest BCUT2D eigenvalue weighted by Crippen LogP contribution is -2.48. The first-order valence-electron chi connectivity index (χ1n) is 8.76. The summed E-state index contributed by atoms with van der Waals surface area (Å²) in [5.41, 5.74) is 1.04. The van der Waals surface area contributed by atoms with Gasteiger partial charge in [0.15, 0.2) is 0 Å². The van der Waals surface area contributed by atoms with E-state index in [0.717, 1.165) is 31.7 Å². The zero-order valence-corrected chi connectivity index (χ0v) is 15.5. The van der Waals surface area contributed by atoms with Crippen molar-refractivity contribution >= 4 is 17.5 Å². The third kappa shape index (κ3) is 4.41. The Hall–Kier alpha value is -1.95. The molecule has 0 bridgehead atoms. The van der Waals surface area contributed by atoms with Gasteiger partial charge >= 0.3 is 0 Å². The van der Waals surface area contributed by atoms with Gasteiger partial charge in [0.1, 0.15) is 5.82 Å². The molecule has 138 valence electrons. The van der Waals surface area contributed by atoms with Gasteiger partial charge in [-0.15, -0.1) is 0 Å². The summed E-state index contributed by atoms with van der Waals surface area (Å²) in [6, 6.07) is 14.4. The van der Waals surface area contributed by atoms with Gasteiger partial charge in [-0.2, -0.15) is 0 Å². The van der Waals surface area contributed by atoms with E-state index < -0.39 is 11.7 Å². The standard InChI is InChI=1S/C20H23ClFN3O/c1-24-10-12-25(13-11-24)18(15-6-3-2-4-7-15)14-23-20(26)19-16(21)8-5-9-17(19)22/h2-9,18H,10-14H2,1H3,(H,23,26). The fourth-order valence-electron chi connectivity index (χ4n) is 3.26. The topological polar surface area (TPSA) is 35.6 Å². The second-order valence-corrected chi connectivity index (χ2v) is 6.98. The van der Waals surface area contributed by atoms with Gasteiger partial charge < -0.3 is 10.2 Å². The number of nitrogens with zero attached hydrogens (tertiary/aromatic N) is 2. The molecule has 3 rings (SSSR count). The summed E-state index contributed by atoms with van der Waals surface area (Å²) in [5.74, 6) is -1.09. The zero-order valence-electron chi connectivity index (χ0n) is 14.8. The first-order chi connectivity index (χ1) is 12.6. The van der Waals surface area contributed by atoms with Crippen LogP contribution in [0.4, 0.5) is 4.39 Å². The molecule has 2 aromatic carbocycles. The number of rotatable bonds is 5. The summed E-state index contributed by atoms with van der Waals surface area (Å²) < 4.78 is 14.0. The molecule has 1 aliphatic heterocycles. The number of amides is 1. The van der Waals surface area contributed by atoms with Crippen LogP contribution in [0, 0.1) is 5.82 Å². The Bertz CT molecular complexity index is 728. The highest BCUT2D eigenvalue weighted by atomic mass is 35.5. The molecule has 26 heavy (non-hydrogen) atoms. The molecule has 0 radical (unpaired) electrons. The Morgan fingerprint density at radius 1 is 1.12 bits per heavy atom. The first-order valence-corrected chi connectivity index (χ1v) is 9.14. The first kappa shape index (κ1) is 18.8. The molecule has 1 aliphatic rings. The van der Waals surface area contributed by atoms with Crippen LogP contribution in [0.15, 0.2) is 48.5 Å². The molecule has 4 nitrogen and oxygen atoms in total. The van der Waals surface area contributed by atoms with Gasteiger partial charge in [-0.25, -0.2) is 4.39 Å². The van der Waals surface area contributed by atoms with E-state index in [1.165, 1.54) is 18.2 Å². The number of nitrogens with one attached hydrogen (secondary N) is 1. The lowest BCUT2D eigenvalue weighted by molar-refractivity contribution is 0.0883. The number of piperazine rings is 1. The maximum atomic E-state index is 14.0. The molecule has 1 fully saturated rings. The van der Waals surface area contributed by atoms with Crippen molar-refractivity contribution in [2.75, 3.05) is 39.8 Å². The maximum absolute atomic E-state index is 14.0. The zero-order chi connectivity index (χ0) is 18.5. The summed E-state index contributed by atoms with van der Waals surface area (Å²) in [6.45, 7) is 4.21. The molecule has 1 amide bonds. The van der Waals surface area contributed by atoms with Crippen molar-refractivity contribution in [3.05, 3.63) is 70.5 Å². The molecule has 6 heteroatoms. The highest BCUT2D eigenvalue weighted by molar-refractivity contribution is 6.33. The minimum atomic E-state index is -0.606. The Labute approximate surface area is 158 Å². The molecule has 1 atom stereocenters. The number of likely N-dealkylation sites (N-methyl/N-ethyl adjacent to an activating group) is 1. The van der Waals surface area contributed by atoms with Crippen molar-refractivity contribution in [3.8, 4) is 0 Å². The van der Waals surface area contributed by atoms with Crippen molar-refractivity contribution in [1.29, 1.82) is 0 Å². The number of hydrogen-bond acceptors (Lipinski definition) is 3. The van der Waals surface area contributed by atoms with E-state index in [1.54, 1.807) is 0 Å². The summed E-state index contributed by atoms with van der Waals surface area (Å²) in [6.07, 6.45) is 0. The molecule has 1 saturated heterocycles. The quantitative estimate of drug-likeness (QED) is 0.871. The average Bonchev–Trinajstić information content (AvgIpc) is 2.64. The number of benzene rings is 2. The van der Waals surface area contributed by atoms with E-state index in [1.807, 2.05) is 18.2 Å². The van der Waals surface area contributed by atoms with Gasteiger partial charge in [0.25, 0.3) is 5.91 Å². The van der Waals surface area contributed by atoms with E-state index >= 15 is 0 Å². The largest absolute Gasteiger partial charge is 0.350 e. The third-order valence-corrected chi connectivity index (χ3v) is 5.12. The molecule has 0 saturated carbocycles. The van der Waals surface area contributed by atoms with Crippen LogP contribution in [-0.4, -0.2) is 55.5 Å². The molecule has 1 N–H and O–H groups in total. The van der Waals surface area contributed by atoms with Crippen molar-refractivity contribution in [3.63, 3.8) is 0 Å². The normalized spacial score (nSPS) is 17.0. The van der Waals surface area contributed by atoms with Crippen LogP contribution < -0.4 is 5.32 Å². The minimum Gasteiger partial charge on any atom is -0.350 e. The van der Waals surface area contributed by atoms with Crippen LogP contribution in [-0.2, 0) is 0 Å². The Balaban J connectivity index is 1.75. The highest BCUT2D eigenvalue weighted by Crippen LogP contribution is 2.23. The lowest BCUT2D eigenvalue weighted by Gasteiger charge is -2.38. The molecule has 2 aromatic rings. The maximum Gasteiger partial charge on any atom is 0.255 e. The number of carbonyl (C=O) groups excluding carboxylic acids is 1. The predicted molar refractivity (Wildman–Crippen MR) is 102 cm³/mol. The Morgan fingerprint density at radius 3 is 2.46 bits per heavy atom. The van der Waals surface area contributed by atoms with Crippen LogP contribution >= 0.6 is 11.6 Å². The van der Waals surface area contributed by atoms with E-state index in [0.29, 0.717) is 6.54 Å². The van der Waals surface area contributed by atoms with Crippen molar-refractivity contribution in [1.82, 2.24) is 15.1 Å². The molecule has 1 heterocycles. The smallest absolute Gasteiger partial charge is 0.255 e. The molecule has 0 spiro atoms. The van der Waals surface area contributed by atoms with E-state index in [4.69, 9.17) is 11.6 Å². The van der Waals surface area contributed by atoms with Gasteiger partial charge in [-0.1, -0.05) is 48.0 Å². The number of hydrogen-bond donors (Lipinski definition) is 1. The molecule has 0 aliphatic carbocycles. The van der Waals surface area contributed by atoms with Crippen LogP contribution in [0.2, 0.25) is 5.02 Å². The molecular weight excluding hydrogens is 353 g/mol. The van der Waals surface area contributed by atoms with Crippen molar-refractivity contribution in [2.24, 2.45) is 0 Å². The van der Waals surface area contributed by atoms with Gasteiger partial charge in [-0.3, -0.25) is 9.69 Å². The second kappa shape index (κ2) is 8.62. The van der Waals surface area contributed by atoms with E-state index in [2.05, 4.69) is 34.3 Å². The van der Waals surface area contributed by atoms with Gasteiger partial charge in [0, 0.05) is 32.7 Å². The van der Waals surface area contributed by atoms with Crippen LogP contribution in [0.25, 0.3) is 0 Å². The summed E-state index contributed by atoms with van der Waals surface area (Å²) in [7, 11) is 2.11. The fraction of sp³-hybridized carbons (Fsp3) is 0.350. The average molecular weight is 376 g/mol. The summed E-state index contributed by atoms with van der Waals surface area (Å²) in [5, 5.41) is 2.99. The molecular formula is C20H23ClFN3O. The Kier molecular flexibility index (Phi) is 6.25. The minimum absolute atomic E-state index is 0.0411. The monoisotopic (exact) mass is 375 g/mol. The van der Waals surface area contributed by atoms with Gasteiger partial charge in [-0.05, 0) is 24.7 Å². The third-order valence-electron chi connectivity index (χ3n) is 4.81.